The lowest BCUT2D eigenvalue weighted by Gasteiger charge is -2.05. The summed E-state index contributed by atoms with van der Waals surface area (Å²) >= 11 is 5.24. The Balaban J connectivity index is 3.43. The minimum Gasteiger partial charge on any atom is -0.397 e. The molecular formula is C7H6BrIN2O. The van der Waals surface area contributed by atoms with Crippen LogP contribution in [0.25, 0.3) is 0 Å². The molecule has 64 valence electrons. The molecule has 0 bridgehead atoms. The monoisotopic (exact) mass is 340 g/mol. The number of amides is 1. The van der Waals surface area contributed by atoms with Gasteiger partial charge in [0.15, 0.2) is 0 Å². The van der Waals surface area contributed by atoms with Crippen LogP contribution in [0.4, 0.5) is 5.69 Å². The van der Waals surface area contributed by atoms with Crippen LogP contribution < -0.4 is 11.5 Å². The molecular weight excluding hydrogens is 335 g/mol. The molecule has 1 rings (SSSR count). The van der Waals surface area contributed by atoms with Crippen molar-refractivity contribution in [3.8, 4) is 0 Å². The number of hydrogen-bond donors (Lipinski definition) is 2. The maximum atomic E-state index is 10.9. The fraction of sp³-hybridized carbons (Fsp3) is 0. The van der Waals surface area contributed by atoms with Crippen LogP contribution in [-0.4, -0.2) is 5.91 Å². The van der Waals surface area contributed by atoms with E-state index in [4.69, 9.17) is 11.5 Å². The zero-order valence-corrected chi connectivity index (χ0v) is 9.72. The van der Waals surface area contributed by atoms with Gasteiger partial charge in [0, 0.05) is 8.04 Å². The minimum absolute atomic E-state index is 0.349. The molecule has 0 radical (unpaired) electrons. The van der Waals surface area contributed by atoms with Gasteiger partial charge in [0.05, 0.1) is 11.3 Å². The maximum Gasteiger partial charge on any atom is 0.251 e. The smallest absolute Gasteiger partial charge is 0.251 e. The summed E-state index contributed by atoms with van der Waals surface area (Å²) in [4.78, 5) is 10.9. The van der Waals surface area contributed by atoms with E-state index >= 15 is 0 Å². The average molecular weight is 341 g/mol. The van der Waals surface area contributed by atoms with Crippen LogP contribution in [0.1, 0.15) is 10.4 Å². The molecule has 0 heterocycles. The Bertz CT molecular complexity index is 340. The number of nitrogens with two attached hydrogens (primary N) is 2. The normalized spacial score (nSPS) is 9.83. The second-order valence-electron chi connectivity index (χ2n) is 2.18. The number of rotatable bonds is 1. The van der Waals surface area contributed by atoms with Gasteiger partial charge in [0.2, 0.25) is 0 Å². The lowest BCUT2D eigenvalue weighted by molar-refractivity contribution is 0.100. The summed E-state index contributed by atoms with van der Waals surface area (Å²) in [5.41, 5.74) is 11.6. The van der Waals surface area contributed by atoms with Crippen molar-refractivity contribution < 1.29 is 4.79 Å². The lowest BCUT2D eigenvalue weighted by atomic mass is 10.2. The highest BCUT2D eigenvalue weighted by Crippen LogP contribution is 2.26. The van der Waals surface area contributed by atoms with E-state index in [1.165, 1.54) is 0 Å². The highest BCUT2D eigenvalue weighted by Gasteiger charge is 2.12. The Morgan fingerprint density at radius 3 is 2.50 bits per heavy atom. The van der Waals surface area contributed by atoms with Gasteiger partial charge in [0.25, 0.3) is 5.91 Å². The van der Waals surface area contributed by atoms with Crippen LogP contribution in [0.3, 0.4) is 0 Å². The summed E-state index contributed by atoms with van der Waals surface area (Å²) in [7, 11) is 0. The van der Waals surface area contributed by atoms with Gasteiger partial charge in [0.1, 0.15) is 0 Å². The molecule has 0 spiro atoms. The van der Waals surface area contributed by atoms with Crippen molar-refractivity contribution in [1.82, 2.24) is 0 Å². The third kappa shape index (κ3) is 1.71. The largest absolute Gasteiger partial charge is 0.397 e. The molecule has 1 aromatic carbocycles. The van der Waals surface area contributed by atoms with Gasteiger partial charge in [-0.1, -0.05) is 0 Å². The molecule has 4 N–H and O–H groups in total. The Labute approximate surface area is 91.8 Å². The fourth-order valence-corrected chi connectivity index (χ4v) is 1.81. The van der Waals surface area contributed by atoms with E-state index in [2.05, 4.69) is 15.9 Å². The highest BCUT2D eigenvalue weighted by atomic mass is 127. The molecule has 0 aliphatic rings. The lowest BCUT2D eigenvalue weighted by Crippen LogP contribution is -2.15. The van der Waals surface area contributed by atoms with Crippen molar-refractivity contribution in [1.29, 1.82) is 0 Å². The summed E-state index contributed by atoms with van der Waals surface area (Å²) < 4.78 is 1.46. The van der Waals surface area contributed by atoms with Crippen molar-refractivity contribution in [3.05, 3.63) is 25.7 Å². The van der Waals surface area contributed by atoms with Crippen LogP contribution in [0.5, 0.6) is 0 Å². The molecule has 0 aromatic heterocycles. The first-order valence-corrected chi connectivity index (χ1v) is 4.94. The van der Waals surface area contributed by atoms with Gasteiger partial charge in [-0.2, -0.15) is 0 Å². The summed E-state index contributed by atoms with van der Waals surface area (Å²) in [6.07, 6.45) is 0. The van der Waals surface area contributed by atoms with Gasteiger partial charge >= 0.3 is 0 Å². The first-order chi connectivity index (χ1) is 5.54. The van der Waals surface area contributed by atoms with Crippen molar-refractivity contribution >= 4 is 50.1 Å². The summed E-state index contributed by atoms with van der Waals surface area (Å²) in [5.74, 6) is -0.516. The van der Waals surface area contributed by atoms with E-state index < -0.39 is 5.91 Å². The van der Waals surface area contributed by atoms with Gasteiger partial charge in [-0.15, -0.1) is 0 Å². The summed E-state index contributed by atoms with van der Waals surface area (Å²) in [5, 5.41) is 0. The molecule has 0 aliphatic carbocycles. The van der Waals surface area contributed by atoms with E-state index in [9.17, 15) is 4.79 Å². The highest BCUT2D eigenvalue weighted by molar-refractivity contribution is 14.1. The Kier molecular flexibility index (Phi) is 2.94. The molecule has 0 saturated carbocycles. The average Bonchev–Trinajstić information content (AvgIpc) is 1.97. The molecule has 1 amide bonds. The topological polar surface area (TPSA) is 69.1 Å². The molecule has 1 aromatic rings. The fourth-order valence-electron chi connectivity index (χ4n) is 0.818. The molecule has 5 heteroatoms. The number of hydrogen-bond acceptors (Lipinski definition) is 2. The molecule has 0 aliphatic heterocycles. The predicted molar refractivity (Wildman–Crippen MR) is 59.8 cm³/mol. The van der Waals surface area contributed by atoms with Crippen LogP contribution in [0.2, 0.25) is 0 Å². The second kappa shape index (κ2) is 3.61. The first-order valence-electron chi connectivity index (χ1n) is 3.07. The number of benzene rings is 1. The van der Waals surface area contributed by atoms with E-state index in [-0.39, 0.29) is 0 Å². The summed E-state index contributed by atoms with van der Waals surface area (Å²) in [6, 6.07) is 3.56. The quantitative estimate of drug-likeness (QED) is 0.604. The molecule has 0 saturated heterocycles. The molecule has 0 atom stereocenters. The minimum atomic E-state index is -0.516. The van der Waals surface area contributed by atoms with Crippen molar-refractivity contribution in [3.63, 3.8) is 0 Å². The van der Waals surface area contributed by atoms with Crippen molar-refractivity contribution in [2.24, 2.45) is 5.73 Å². The maximum absolute atomic E-state index is 10.9. The van der Waals surface area contributed by atoms with Gasteiger partial charge in [-0.05, 0) is 50.7 Å². The van der Waals surface area contributed by atoms with Crippen molar-refractivity contribution in [2.45, 2.75) is 0 Å². The Morgan fingerprint density at radius 1 is 1.50 bits per heavy atom. The number of primary amides is 1. The zero-order valence-electron chi connectivity index (χ0n) is 5.97. The SMILES string of the molecule is NC(=O)c1c(Br)ccc(I)c1N. The molecule has 3 nitrogen and oxygen atoms in total. The number of halogens is 2. The predicted octanol–water partition coefficient (Wildman–Crippen LogP) is 1.73. The van der Waals surface area contributed by atoms with Crippen LogP contribution >= 0.6 is 38.5 Å². The van der Waals surface area contributed by atoms with Crippen LogP contribution in [0.15, 0.2) is 16.6 Å². The van der Waals surface area contributed by atoms with E-state index in [1.54, 1.807) is 6.07 Å². The number of carbonyl (C=O) groups excluding carboxylic acids is 1. The number of anilines is 1. The third-order valence-corrected chi connectivity index (χ3v) is 2.99. The van der Waals surface area contributed by atoms with E-state index in [0.29, 0.717) is 15.7 Å². The molecule has 12 heavy (non-hydrogen) atoms. The van der Waals surface area contributed by atoms with Gasteiger partial charge < -0.3 is 11.5 Å². The van der Waals surface area contributed by atoms with Crippen molar-refractivity contribution in [2.75, 3.05) is 5.73 Å². The Morgan fingerprint density at radius 2 is 2.08 bits per heavy atom. The molecule has 0 fully saturated rings. The molecule has 0 unspecified atom stereocenters. The zero-order chi connectivity index (χ0) is 9.30. The van der Waals surface area contributed by atoms with Crippen LogP contribution in [0, 0.1) is 3.57 Å². The number of carbonyl (C=O) groups is 1. The summed E-state index contributed by atoms with van der Waals surface area (Å²) in [6.45, 7) is 0. The van der Waals surface area contributed by atoms with E-state index in [0.717, 1.165) is 3.57 Å². The third-order valence-electron chi connectivity index (χ3n) is 1.39. The van der Waals surface area contributed by atoms with Gasteiger partial charge in [-0.3, -0.25) is 4.79 Å². The standard InChI is InChI=1S/C7H6BrIN2O/c8-3-1-2-4(9)6(10)5(3)7(11)12/h1-2H,10H2,(H2,11,12). The number of nitrogen functional groups attached to an aromatic ring is 1. The van der Waals surface area contributed by atoms with Gasteiger partial charge in [-0.25, -0.2) is 0 Å². The first kappa shape index (κ1) is 9.79. The van der Waals surface area contributed by atoms with Crippen LogP contribution in [-0.2, 0) is 0 Å². The Hall–Kier alpha value is -0.300. The second-order valence-corrected chi connectivity index (χ2v) is 4.20. The van der Waals surface area contributed by atoms with E-state index in [1.807, 2.05) is 28.7 Å².